The van der Waals surface area contributed by atoms with Crippen LogP contribution in [-0.2, 0) is 6.54 Å². The van der Waals surface area contributed by atoms with Gasteiger partial charge in [-0.25, -0.2) is 4.39 Å². The monoisotopic (exact) mass is 427 g/mol. The van der Waals surface area contributed by atoms with Gasteiger partial charge in [0.25, 0.3) is 0 Å². The first-order valence-corrected chi connectivity index (χ1v) is 10.5. The maximum absolute atomic E-state index is 13.8. The molecule has 2 bridgehead atoms. The van der Waals surface area contributed by atoms with E-state index >= 15 is 0 Å². The van der Waals surface area contributed by atoms with Crippen LogP contribution in [0, 0.1) is 11.2 Å². The summed E-state index contributed by atoms with van der Waals surface area (Å²) in [6.07, 6.45) is 2.10. The number of hydrogen-bond acceptors (Lipinski definition) is 1. The predicted octanol–water partition coefficient (Wildman–Crippen LogP) is 6.99. The van der Waals surface area contributed by atoms with Crippen LogP contribution >= 0.6 is 15.9 Å². The Kier molecular flexibility index (Phi) is 4.80. The fourth-order valence-electron chi connectivity index (χ4n) is 5.40. The first-order valence-electron chi connectivity index (χ1n) is 9.71. The molecule has 2 heterocycles. The largest absolute Gasteiger partial charge is 0.288 e. The molecule has 2 aromatic carbocycles. The molecule has 0 aromatic heterocycles. The van der Waals surface area contributed by atoms with E-state index in [9.17, 15) is 4.39 Å². The maximum atomic E-state index is 13.8. The van der Waals surface area contributed by atoms with Gasteiger partial charge in [0.2, 0.25) is 0 Å². The van der Waals surface area contributed by atoms with E-state index in [0.717, 1.165) is 24.9 Å². The van der Waals surface area contributed by atoms with Crippen molar-refractivity contribution < 1.29 is 4.39 Å². The number of hydrogen-bond donors (Lipinski definition) is 0. The van der Waals surface area contributed by atoms with Gasteiger partial charge in [-0.1, -0.05) is 59.6 Å². The lowest BCUT2D eigenvalue weighted by molar-refractivity contribution is -0.0317. The summed E-state index contributed by atoms with van der Waals surface area (Å²) in [7, 11) is 0. The first-order chi connectivity index (χ1) is 12.8. The van der Waals surface area contributed by atoms with Gasteiger partial charge in [-0.2, -0.15) is 0 Å². The SMILES string of the molecule is C=C(C)CC1C2c3c(Br)cccc3C(CC2(C)C)N1Cc1cccc(F)c1. The van der Waals surface area contributed by atoms with Crippen molar-refractivity contribution in [1.82, 2.24) is 4.90 Å². The van der Waals surface area contributed by atoms with Gasteiger partial charge in [0.1, 0.15) is 5.82 Å². The summed E-state index contributed by atoms with van der Waals surface area (Å²) in [5.41, 5.74) is 5.38. The lowest BCUT2D eigenvalue weighted by Gasteiger charge is -2.60. The Bertz CT molecular complexity index is 888. The second-order valence-corrected chi connectivity index (χ2v) is 9.81. The summed E-state index contributed by atoms with van der Waals surface area (Å²) in [5, 5.41) is 0. The van der Waals surface area contributed by atoms with Crippen LogP contribution in [0.2, 0.25) is 0 Å². The second-order valence-electron chi connectivity index (χ2n) is 8.96. The minimum absolute atomic E-state index is 0.158. The summed E-state index contributed by atoms with van der Waals surface area (Å²) in [5.74, 6) is 0.271. The predicted molar refractivity (Wildman–Crippen MR) is 113 cm³/mol. The smallest absolute Gasteiger partial charge is 0.123 e. The molecule has 0 spiro atoms. The number of halogens is 2. The van der Waals surface area contributed by atoms with Crippen LogP contribution in [0.4, 0.5) is 4.39 Å². The Morgan fingerprint density at radius 2 is 2.00 bits per heavy atom. The van der Waals surface area contributed by atoms with E-state index in [0.29, 0.717) is 18.0 Å². The molecule has 5 rings (SSSR count). The average molecular weight is 428 g/mol. The van der Waals surface area contributed by atoms with Crippen LogP contribution in [0.5, 0.6) is 0 Å². The van der Waals surface area contributed by atoms with Gasteiger partial charge in [0.15, 0.2) is 0 Å². The van der Waals surface area contributed by atoms with Gasteiger partial charge in [-0.15, -0.1) is 6.58 Å². The van der Waals surface area contributed by atoms with Crippen molar-refractivity contribution in [1.29, 1.82) is 0 Å². The number of piperidine rings is 1. The zero-order valence-electron chi connectivity index (χ0n) is 16.3. The highest BCUT2D eigenvalue weighted by atomic mass is 79.9. The fourth-order valence-corrected chi connectivity index (χ4v) is 6.02. The molecule has 27 heavy (non-hydrogen) atoms. The molecule has 0 N–H and O–H groups in total. The van der Waals surface area contributed by atoms with Gasteiger partial charge in [-0.3, -0.25) is 4.90 Å². The quantitative estimate of drug-likeness (QED) is 0.474. The summed E-state index contributed by atoms with van der Waals surface area (Å²) in [6.45, 7) is 11.9. The third kappa shape index (κ3) is 3.30. The third-order valence-corrected chi connectivity index (χ3v) is 7.03. The van der Waals surface area contributed by atoms with E-state index in [1.54, 1.807) is 6.07 Å². The molecule has 0 amide bonds. The summed E-state index contributed by atoms with van der Waals surface area (Å²) in [6, 6.07) is 14.4. The van der Waals surface area contributed by atoms with E-state index in [-0.39, 0.29) is 11.2 Å². The minimum Gasteiger partial charge on any atom is -0.288 e. The summed E-state index contributed by atoms with van der Waals surface area (Å²) >= 11 is 3.83. The lowest BCUT2D eigenvalue weighted by Crippen LogP contribution is -2.56. The molecule has 142 valence electrons. The van der Waals surface area contributed by atoms with Crippen molar-refractivity contribution in [2.75, 3.05) is 0 Å². The molecule has 1 aliphatic carbocycles. The highest BCUT2D eigenvalue weighted by molar-refractivity contribution is 9.10. The second kappa shape index (κ2) is 6.86. The zero-order valence-corrected chi connectivity index (χ0v) is 17.9. The average Bonchev–Trinajstić information content (AvgIpc) is 2.57. The molecule has 1 fully saturated rings. The van der Waals surface area contributed by atoms with Crippen molar-refractivity contribution in [2.45, 2.75) is 58.2 Å². The van der Waals surface area contributed by atoms with E-state index in [1.807, 2.05) is 12.1 Å². The van der Waals surface area contributed by atoms with Gasteiger partial charge < -0.3 is 0 Å². The highest BCUT2D eigenvalue weighted by Gasteiger charge is 2.53. The maximum Gasteiger partial charge on any atom is 0.123 e. The molecule has 0 saturated carbocycles. The van der Waals surface area contributed by atoms with Gasteiger partial charge >= 0.3 is 0 Å². The van der Waals surface area contributed by atoms with Crippen molar-refractivity contribution in [3.8, 4) is 0 Å². The standard InChI is InChI=1S/C24H27BrFN/c1-15(2)11-20-23-22-18(9-6-10-19(22)25)21(13-24(23,3)4)27(20)14-16-7-5-8-17(26)12-16/h5-10,12,20-21,23H,1,11,13-14H2,2-4H3. The topological polar surface area (TPSA) is 3.24 Å². The molecular formula is C24H27BrFN. The van der Waals surface area contributed by atoms with Gasteiger partial charge in [-0.05, 0) is 60.1 Å². The molecule has 2 aliphatic heterocycles. The Morgan fingerprint density at radius 1 is 1.26 bits per heavy atom. The summed E-state index contributed by atoms with van der Waals surface area (Å²) in [4.78, 5) is 2.61. The van der Waals surface area contributed by atoms with Crippen molar-refractivity contribution in [3.63, 3.8) is 0 Å². The van der Waals surface area contributed by atoms with Crippen molar-refractivity contribution in [3.05, 3.63) is 81.6 Å². The van der Waals surface area contributed by atoms with Crippen LogP contribution in [-0.4, -0.2) is 10.9 Å². The molecule has 3 heteroatoms. The number of rotatable bonds is 4. The number of fused-ring (bicyclic) bond motifs is 2. The Balaban J connectivity index is 1.82. The lowest BCUT2D eigenvalue weighted by atomic mass is 9.57. The highest BCUT2D eigenvalue weighted by Crippen LogP contribution is 2.61. The molecule has 1 saturated heterocycles. The van der Waals surface area contributed by atoms with Crippen molar-refractivity contribution in [2.24, 2.45) is 5.41 Å². The van der Waals surface area contributed by atoms with E-state index in [2.05, 4.69) is 66.4 Å². The van der Waals surface area contributed by atoms with Crippen LogP contribution in [0.25, 0.3) is 0 Å². The zero-order chi connectivity index (χ0) is 19.3. The molecule has 3 unspecified atom stereocenters. The first kappa shape index (κ1) is 18.9. The van der Waals surface area contributed by atoms with Crippen molar-refractivity contribution >= 4 is 15.9 Å². The Morgan fingerprint density at radius 3 is 2.70 bits per heavy atom. The van der Waals surface area contributed by atoms with Crippen LogP contribution in [0.15, 0.2) is 59.1 Å². The van der Waals surface area contributed by atoms with Gasteiger partial charge in [0.05, 0.1) is 0 Å². The molecule has 1 nitrogen and oxygen atoms in total. The number of benzene rings is 2. The molecule has 2 aromatic rings. The van der Waals surface area contributed by atoms with Crippen LogP contribution < -0.4 is 0 Å². The third-order valence-electron chi connectivity index (χ3n) is 6.34. The van der Waals surface area contributed by atoms with Crippen LogP contribution in [0.1, 0.15) is 62.3 Å². The van der Waals surface area contributed by atoms with Gasteiger partial charge in [0, 0.05) is 29.0 Å². The molecule has 3 atom stereocenters. The normalized spacial score (nSPS) is 26.0. The minimum atomic E-state index is -0.158. The summed E-state index contributed by atoms with van der Waals surface area (Å²) < 4.78 is 15.0. The number of nitrogens with zero attached hydrogens (tertiary/aromatic N) is 1. The van der Waals surface area contributed by atoms with E-state index < -0.39 is 0 Å². The molecule has 3 aliphatic rings. The Hall–Kier alpha value is -1.45. The van der Waals surface area contributed by atoms with Crippen LogP contribution in [0.3, 0.4) is 0 Å². The fraction of sp³-hybridized carbons (Fsp3) is 0.417. The van der Waals surface area contributed by atoms with E-state index in [1.165, 1.54) is 27.2 Å². The van der Waals surface area contributed by atoms with E-state index in [4.69, 9.17) is 0 Å². The Labute approximate surface area is 170 Å². The molecule has 0 radical (unpaired) electrons. The molecular weight excluding hydrogens is 401 g/mol.